The lowest BCUT2D eigenvalue weighted by Gasteiger charge is -2.39. The molecule has 1 fully saturated rings. The first-order valence-electron chi connectivity index (χ1n) is 29.0. The molecule has 2 atom stereocenters. The average molecular weight is 1030 g/mol. The van der Waals surface area contributed by atoms with Crippen LogP contribution in [0.2, 0.25) is 0 Å². The molecule has 15 rings (SSSR count). The Morgan fingerprint density at radius 1 is 0.463 bits per heavy atom. The molecule has 0 amide bonds. The molecule has 0 aliphatic heterocycles. The number of allylic oxidation sites excluding steroid dienone is 4. The maximum Gasteiger partial charge on any atom is 0.0679 e. The molecule has 1 saturated carbocycles. The van der Waals surface area contributed by atoms with Crippen LogP contribution in [0, 0.1) is 5.92 Å². The second kappa shape index (κ2) is 19.9. The quantitative estimate of drug-likeness (QED) is 0.133. The van der Waals surface area contributed by atoms with Crippen LogP contribution in [-0.4, -0.2) is 4.57 Å². The van der Waals surface area contributed by atoms with Crippen molar-refractivity contribution in [2.45, 2.75) is 56.8 Å². The van der Waals surface area contributed by atoms with Crippen molar-refractivity contribution in [3.63, 3.8) is 0 Å². The van der Waals surface area contributed by atoms with Gasteiger partial charge in [0.15, 0.2) is 0 Å². The van der Waals surface area contributed by atoms with Crippen LogP contribution in [0.25, 0.3) is 82.8 Å². The maximum absolute atomic E-state index is 2.59. The number of anilines is 3. The fraction of sp³-hybridized carbons (Fsp3) is 0.128. The van der Waals surface area contributed by atoms with Crippen LogP contribution in [0.3, 0.4) is 0 Å². The van der Waals surface area contributed by atoms with Crippen LogP contribution in [0.5, 0.6) is 0 Å². The molecule has 0 bridgehead atoms. The fourth-order valence-electron chi connectivity index (χ4n) is 14.7. The lowest BCUT2D eigenvalue weighted by molar-refractivity contribution is 0.445. The average Bonchev–Trinajstić information content (AvgIpc) is 4.19. The minimum Gasteiger partial charge on any atom is -0.309 e. The van der Waals surface area contributed by atoms with Crippen LogP contribution >= 0.6 is 0 Å². The van der Waals surface area contributed by atoms with Crippen molar-refractivity contribution in [2.75, 3.05) is 4.90 Å². The molecule has 1 aromatic heterocycles. The molecule has 3 aliphatic carbocycles. The van der Waals surface area contributed by atoms with Gasteiger partial charge in [-0.2, -0.15) is 0 Å². The minimum atomic E-state index is -0.474. The Bertz CT molecular complexity index is 4390. The van der Waals surface area contributed by atoms with E-state index in [1.165, 1.54) is 137 Å². The molecular formula is C78H62N2. The van der Waals surface area contributed by atoms with Crippen LogP contribution < -0.4 is 4.90 Å². The predicted molar refractivity (Wildman–Crippen MR) is 338 cm³/mol. The highest BCUT2D eigenvalue weighted by Gasteiger charge is 2.49. The molecule has 2 heteroatoms. The third-order valence-electron chi connectivity index (χ3n) is 18.1. The molecule has 2 unspecified atom stereocenters. The van der Waals surface area contributed by atoms with E-state index in [1.54, 1.807) is 0 Å². The summed E-state index contributed by atoms with van der Waals surface area (Å²) in [4.78, 5) is 2.59. The van der Waals surface area contributed by atoms with Crippen molar-refractivity contribution in [2.24, 2.45) is 5.92 Å². The van der Waals surface area contributed by atoms with E-state index in [4.69, 9.17) is 0 Å². The number of fused-ring (bicyclic) bond motifs is 7. The van der Waals surface area contributed by atoms with Crippen molar-refractivity contribution in [1.82, 2.24) is 4.57 Å². The van der Waals surface area contributed by atoms with E-state index < -0.39 is 5.41 Å². The van der Waals surface area contributed by atoms with Crippen molar-refractivity contribution in [1.29, 1.82) is 0 Å². The Morgan fingerprint density at radius 3 is 1.86 bits per heavy atom. The number of hydrogen-bond acceptors (Lipinski definition) is 1. The van der Waals surface area contributed by atoms with Gasteiger partial charge in [0.05, 0.1) is 27.8 Å². The van der Waals surface area contributed by atoms with Crippen molar-refractivity contribution < 1.29 is 0 Å². The van der Waals surface area contributed by atoms with Gasteiger partial charge in [0.25, 0.3) is 0 Å². The van der Waals surface area contributed by atoms with Gasteiger partial charge in [-0.25, -0.2) is 0 Å². The van der Waals surface area contributed by atoms with E-state index in [9.17, 15) is 0 Å². The zero-order chi connectivity index (χ0) is 53.2. The Kier molecular flexibility index (Phi) is 11.9. The van der Waals surface area contributed by atoms with Gasteiger partial charge >= 0.3 is 0 Å². The molecule has 384 valence electrons. The van der Waals surface area contributed by atoms with Crippen LogP contribution in [0.1, 0.15) is 73.6 Å². The molecule has 80 heavy (non-hydrogen) atoms. The normalized spacial score (nSPS) is 16.9. The number of rotatable bonds is 10. The maximum atomic E-state index is 2.59. The van der Waals surface area contributed by atoms with Gasteiger partial charge < -0.3 is 9.47 Å². The van der Waals surface area contributed by atoms with E-state index in [0.29, 0.717) is 11.8 Å². The number of hydrogen-bond donors (Lipinski definition) is 0. The summed E-state index contributed by atoms with van der Waals surface area (Å²) in [5, 5.41) is 5.17. The SMILES string of the molecule is CC1CC=CC=C1C1(c2ccccc2)c2ccccc2-c2c(-c3ccccc3N(c3cccc(-c4cccc5c4c4ccccc4n5-c4ccccc4)c3)c3ccccc3-c3cccc4cccc(C5CCCCC5)c34)cccc21. The minimum absolute atomic E-state index is 0.350. The molecule has 2 nitrogen and oxygen atoms in total. The molecule has 1 heterocycles. The van der Waals surface area contributed by atoms with Gasteiger partial charge in [-0.3, -0.25) is 0 Å². The number of aromatic nitrogens is 1. The molecular weight excluding hydrogens is 965 g/mol. The molecule has 0 spiro atoms. The molecule has 3 aliphatic rings. The summed E-state index contributed by atoms with van der Waals surface area (Å²) in [6, 6.07) is 96.1. The van der Waals surface area contributed by atoms with Crippen molar-refractivity contribution in [3.8, 4) is 50.2 Å². The summed E-state index contributed by atoms with van der Waals surface area (Å²) >= 11 is 0. The van der Waals surface area contributed by atoms with Crippen molar-refractivity contribution in [3.05, 3.63) is 301 Å². The number of nitrogens with zero attached hydrogens (tertiary/aromatic N) is 2. The summed E-state index contributed by atoms with van der Waals surface area (Å²) < 4.78 is 2.42. The number of benzene rings is 11. The lowest BCUT2D eigenvalue weighted by Crippen LogP contribution is -2.33. The Hall–Kier alpha value is -9.24. The lowest BCUT2D eigenvalue weighted by atomic mass is 9.63. The van der Waals surface area contributed by atoms with E-state index in [2.05, 4.69) is 289 Å². The number of para-hydroxylation sites is 4. The second-order valence-electron chi connectivity index (χ2n) is 22.5. The first-order chi connectivity index (χ1) is 39.7. The monoisotopic (exact) mass is 1030 g/mol. The summed E-state index contributed by atoms with van der Waals surface area (Å²) in [5.74, 6) is 0.891. The summed E-state index contributed by atoms with van der Waals surface area (Å²) in [6.45, 7) is 2.42. The van der Waals surface area contributed by atoms with E-state index >= 15 is 0 Å². The van der Waals surface area contributed by atoms with Gasteiger partial charge in [-0.15, -0.1) is 0 Å². The van der Waals surface area contributed by atoms with Gasteiger partial charge in [-0.05, 0) is 152 Å². The first-order valence-corrected chi connectivity index (χ1v) is 29.0. The summed E-state index contributed by atoms with van der Waals surface area (Å²) in [6.07, 6.45) is 14.4. The van der Waals surface area contributed by atoms with Crippen LogP contribution in [-0.2, 0) is 5.41 Å². The molecule has 0 N–H and O–H groups in total. The zero-order valence-corrected chi connectivity index (χ0v) is 45.3. The van der Waals surface area contributed by atoms with E-state index in [-0.39, 0.29) is 0 Å². The second-order valence-corrected chi connectivity index (χ2v) is 22.5. The molecule has 0 radical (unpaired) electrons. The highest BCUT2D eigenvalue weighted by molar-refractivity contribution is 6.16. The molecule has 0 saturated heterocycles. The highest BCUT2D eigenvalue weighted by atomic mass is 15.1. The van der Waals surface area contributed by atoms with E-state index in [1.807, 2.05) is 0 Å². The molecule has 11 aromatic carbocycles. The predicted octanol–water partition coefficient (Wildman–Crippen LogP) is 21.3. The van der Waals surface area contributed by atoms with Crippen LogP contribution in [0.15, 0.2) is 279 Å². The Balaban J connectivity index is 0.994. The largest absolute Gasteiger partial charge is 0.309 e. The molecule has 12 aromatic rings. The van der Waals surface area contributed by atoms with Gasteiger partial charge in [0.1, 0.15) is 0 Å². The van der Waals surface area contributed by atoms with Crippen LogP contribution in [0.4, 0.5) is 17.1 Å². The standard InChI is InChI=1S/C78H62N2/c1-53-26-11-16-45-68(53)78(57-32-7-3-8-33-57)69-46-17-12-39-66(69)76-65(44-24-47-70(76)78)63-38-14-19-49-72(63)80(71-48-18-13-37-62(71)64-43-23-30-55-29-22-41-60(75(55)64)54-27-5-2-6-28-54)59-36-21-31-56(52-59)61-42-25-51-74-77(61)67-40-15-20-50-73(67)79(74)58-34-9-4-10-35-58/h3-4,7-25,29-54H,2,5-6,26-28H2,1H3. The van der Waals surface area contributed by atoms with Gasteiger partial charge in [0.2, 0.25) is 0 Å². The highest BCUT2D eigenvalue weighted by Crippen LogP contribution is 2.61. The fourth-order valence-corrected chi connectivity index (χ4v) is 14.7. The van der Waals surface area contributed by atoms with Crippen molar-refractivity contribution >= 4 is 49.6 Å². The first kappa shape index (κ1) is 47.9. The van der Waals surface area contributed by atoms with Gasteiger partial charge in [-0.1, -0.05) is 251 Å². The topological polar surface area (TPSA) is 8.17 Å². The summed E-state index contributed by atoms with van der Waals surface area (Å²) in [5.41, 5.74) is 23.2. The third kappa shape index (κ3) is 7.60. The zero-order valence-electron chi connectivity index (χ0n) is 45.3. The Labute approximate surface area is 470 Å². The summed E-state index contributed by atoms with van der Waals surface area (Å²) in [7, 11) is 0. The van der Waals surface area contributed by atoms with E-state index in [0.717, 1.165) is 29.2 Å². The smallest absolute Gasteiger partial charge is 0.0679 e. The van der Waals surface area contributed by atoms with Gasteiger partial charge in [0, 0.05) is 33.3 Å². The Morgan fingerprint density at radius 2 is 1.06 bits per heavy atom. The third-order valence-corrected chi connectivity index (χ3v) is 18.1.